The van der Waals surface area contributed by atoms with E-state index < -0.39 is 0 Å². The van der Waals surface area contributed by atoms with E-state index in [-0.39, 0.29) is 11.7 Å². The molecule has 1 aromatic rings. The Balaban J connectivity index is 3.02. The third-order valence-electron chi connectivity index (χ3n) is 1.69. The van der Waals surface area contributed by atoms with Crippen LogP contribution in [0, 0.1) is 5.82 Å². The molecule has 0 unspecified atom stereocenters. The Morgan fingerprint density at radius 3 is 2.77 bits per heavy atom. The van der Waals surface area contributed by atoms with Gasteiger partial charge >= 0.3 is 0 Å². The van der Waals surface area contributed by atoms with Crippen LogP contribution in [0.2, 0.25) is 0 Å². The first kappa shape index (κ1) is 10.2. The number of amides is 1. The van der Waals surface area contributed by atoms with Gasteiger partial charge in [-0.05, 0) is 17.7 Å². The number of alkyl halides is 1. The third kappa shape index (κ3) is 2.28. The predicted octanol–water partition coefficient (Wildman–Crippen LogP) is 2.08. The van der Waals surface area contributed by atoms with Crippen molar-refractivity contribution in [1.82, 2.24) is 5.32 Å². The van der Waals surface area contributed by atoms with E-state index >= 15 is 0 Å². The van der Waals surface area contributed by atoms with Crippen LogP contribution < -0.4 is 5.32 Å². The van der Waals surface area contributed by atoms with Gasteiger partial charge in [-0.3, -0.25) is 4.79 Å². The zero-order chi connectivity index (χ0) is 9.84. The summed E-state index contributed by atoms with van der Waals surface area (Å²) < 4.78 is 13.1. The zero-order valence-electron chi connectivity index (χ0n) is 7.10. The fourth-order valence-electron chi connectivity index (χ4n) is 0.941. The molecule has 70 valence electrons. The topological polar surface area (TPSA) is 29.1 Å². The quantitative estimate of drug-likeness (QED) is 0.795. The van der Waals surface area contributed by atoms with Gasteiger partial charge in [-0.15, -0.1) is 0 Å². The van der Waals surface area contributed by atoms with Crippen LogP contribution in [0.4, 0.5) is 4.39 Å². The summed E-state index contributed by atoms with van der Waals surface area (Å²) in [4.78, 5) is 11.1. The smallest absolute Gasteiger partial charge is 0.251 e. The van der Waals surface area contributed by atoms with E-state index in [9.17, 15) is 9.18 Å². The molecule has 0 saturated carbocycles. The lowest BCUT2D eigenvalue weighted by Gasteiger charge is -2.02. The first-order chi connectivity index (χ1) is 6.19. The van der Waals surface area contributed by atoms with E-state index in [2.05, 4.69) is 21.2 Å². The van der Waals surface area contributed by atoms with E-state index in [0.717, 1.165) is 0 Å². The molecule has 1 aromatic carbocycles. The van der Waals surface area contributed by atoms with Gasteiger partial charge in [0.15, 0.2) is 0 Å². The van der Waals surface area contributed by atoms with Crippen LogP contribution in [-0.4, -0.2) is 13.0 Å². The van der Waals surface area contributed by atoms with Crippen molar-refractivity contribution in [3.63, 3.8) is 0 Å². The molecule has 0 heterocycles. The van der Waals surface area contributed by atoms with Crippen LogP contribution in [0.25, 0.3) is 0 Å². The minimum absolute atomic E-state index is 0.278. The number of rotatable bonds is 2. The van der Waals surface area contributed by atoms with Gasteiger partial charge in [0, 0.05) is 17.9 Å². The summed E-state index contributed by atoms with van der Waals surface area (Å²) in [6, 6.07) is 4.42. The molecule has 0 radical (unpaired) electrons. The molecule has 1 amide bonds. The first-order valence-electron chi connectivity index (χ1n) is 3.75. The lowest BCUT2D eigenvalue weighted by molar-refractivity contribution is 0.0962. The van der Waals surface area contributed by atoms with Gasteiger partial charge in [0.2, 0.25) is 0 Å². The third-order valence-corrected chi connectivity index (χ3v) is 2.29. The number of carbonyl (C=O) groups excluding carboxylic acids is 1. The van der Waals surface area contributed by atoms with Gasteiger partial charge in [0.05, 0.1) is 0 Å². The molecule has 0 aromatic heterocycles. The predicted molar refractivity (Wildman–Crippen MR) is 52.4 cm³/mol. The van der Waals surface area contributed by atoms with E-state index in [1.54, 1.807) is 12.1 Å². The van der Waals surface area contributed by atoms with Crippen molar-refractivity contribution in [1.29, 1.82) is 0 Å². The summed E-state index contributed by atoms with van der Waals surface area (Å²) in [5.41, 5.74) is 0.886. The van der Waals surface area contributed by atoms with Crippen molar-refractivity contribution < 1.29 is 9.18 Å². The highest BCUT2D eigenvalue weighted by molar-refractivity contribution is 9.08. The van der Waals surface area contributed by atoms with Crippen LogP contribution in [0.5, 0.6) is 0 Å². The van der Waals surface area contributed by atoms with Gasteiger partial charge in [-0.1, -0.05) is 22.0 Å². The molecule has 4 heteroatoms. The number of carbonyl (C=O) groups is 1. The molecule has 0 atom stereocenters. The van der Waals surface area contributed by atoms with Gasteiger partial charge in [-0.25, -0.2) is 4.39 Å². The molecule has 0 saturated heterocycles. The molecule has 13 heavy (non-hydrogen) atoms. The largest absolute Gasteiger partial charge is 0.355 e. The maximum absolute atomic E-state index is 13.1. The molecule has 0 bridgehead atoms. The van der Waals surface area contributed by atoms with Crippen molar-refractivity contribution in [2.24, 2.45) is 0 Å². The lowest BCUT2D eigenvalue weighted by Crippen LogP contribution is -2.17. The number of halogens is 2. The van der Waals surface area contributed by atoms with Crippen molar-refractivity contribution in [2.75, 3.05) is 7.05 Å². The minimum Gasteiger partial charge on any atom is -0.355 e. The highest BCUT2D eigenvalue weighted by Gasteiger charge is 2.06. The maximum atomic E-state index is 13.1. The standard InChI is InChI=1S/C9H9BrFNO/c1-12-9(13)6-2-3-7(5-10)8(11)4-6/h2-4H,5H2,1H3,(H,12,13). The van der Waals surface area contributed by atoms with E-state index in [4.69, 9.17) is 0 Å². The van der Waals surface area contributed by atoms with Gasteiger partial charge in [0.1, 0.15) is 5.82 Å². The Morgan fingerprint density at radius 1 is 1.62 bits per heavy atom. The maximum Gasteiger partial charge on any atom is 0.251 e. The Kier molecular flexibility index (Phi) is 3.42. The zero-order valence-corrected chi connectivity index (χ0v) is 8.69. The lowest BCUT2D eigenvalue weighted by atomic mass is 10.1. The van der Waals surface area contributed by atoms with Crippen molar-refractivity contribution in [3.05, 3.63) is 35.1 Å². The monoisotopic (exact) mass is 245 g/mol. The van der Waals surface area contributed by atoms with Crippen LogP contribution in [0.15, 0.2) is 18.2 Å². The highest BCUT2D eigenvalue weighted by atomic mass is 79.9. The Labute approximate surface area is 84.3 Å². The molecule has 0 aliphatic carbocycles. The van der Waals surface area contributed by atoms with Gasteiger partial charge in [-0.2, -0.15) is 0 Å². The average molecular weight is 246 g/mol. The molecule has 0 fully saturated rings. The van der Waals surface area contributed by atoms with E-state index in [1.807, 2.05) is 0 Å². The van der Waals surface area contributed by atoms with Gasteiger partial charge in [0.25, 0.3) is 5.91 Å². The molecule has 1 rings (SSSR count). The second kappa shape index (κ2) is 4.37. The fraction of sp³-hybridized carbons (Fsp3) is 0.222. The average Bonchev–Trinajstić information content (AvgIpc) is 2.16. The summed E-state index contributed by atoms with van der Waals surface area (Å²) in [5.74, 6) is -0.641. The Hall–Kier alpha value is -0.900. The van der Waals surface area contributed by atoms with Crippen LogP contribution in [0.1, 0.15) is 15.9 Å². The number of hydrogen-bond acceptors (Lipinski definition) is 1. The van der Waals surface area contributed by atoms with Crippen molar-refractivity contribution in [3.8, 4) is 0 Å². The molecule has 1 N–H and O–H groups in total. The van der Waals surface area contributed by atoms with Crippen LogP contribution in [0.3, 0.4) is 0 Å². The number of nitrogens with one attached hydrogen (secondary N) is 1. The highest BCUT2D eigenvalue weighted by Crippen LogP contribution is 2.13. The summed E-state index contributed by atoms with van der Waals surface area (Å²) in [6.07, 6.45) is 0. The van der Waals surface area contributed by atoms with E-state index in [1.165, 1.54) is 13.1 Å². The molecule has 0 spiro atoms. The first-order valence-corrected chi connectivity index (χ1v) is 4.87. The normalized spacial score (nSPS) is 9.77. The summed E-state index contributed by atoms with van der Waals surface area (Å²) in [6.45, 7) is 0. The summed E-state index contributed by atoms with van der Waals surface area (Å²) in [7, 11) is 1.51. The Bertz CT molecular complexity index is 327. The minimum atomic E-state index is -0.363. The second-order valence-corrected chi connectivity index (χ2v) is 3.08. The SMILES string of the molecule is CNC(=O)c1ccc(CBr)c(F)c1. The molecule has 0 aliphatic rings. The van der Waals surface area contributed by atoms with Crippen molar-refractivity contribution in [2.45, 2.75) is 5.33 Å². The Morgan fingerprint density at radius 2 is 2.31 bits per heavy atom. The van der Waals surface area contributed by atoms with Gasteiger partial charge < -0.3 is 5.32 Å². The van der Waals surface area contributed by atoms with Crippen LogP contribution >= 0.6 is 15.9 Å². The van der Waals surface area contributed by atoms with Crippen molar-refractivity contribution >= 4 is 21.8 Å². The summed E-state index contributed by atoms with van der Waals surface area (Å²) in [5, 5.41) is 2.88. The van der Waals surface area contributed by atoms with E-state index in [0.29, 0.717) is 16.5 Å². The number of hydrogen-bond donors (Lipinski definition) is 1. The molecular weight excluding hydrogens is 237 g/mol. The molecular formula is C9H9BrFNO. The van der Waals surface area contributed by atoms with Crippen LogP contribution in [-0.2, 0) is 5.33 Å². The summed E-state index contributed by atoms with van der Waals surface area (Å²) >= 11 is 3.15. The number of benzene rings is 1. The molecule has 2 nitrogen and oxygen atoms in total. The molecule has 0 aliphatic heterocycles. The second-order valence-electron chi connectivity index (χ2n) is 2.52. The fourth-order valence-corrected chi connectivity index (χ4v) is 1.40.